The van der Waals surface area contributed by atoms with Crippen molar-refractivity contribution in [2.45, 2.75) is 12.5 Å². The van der Waals surface area contributed by atoms with Gasteiger partial charge in [-0.3, -0.25) is 0 Å². The number of rotatable bonds is 1. The van der Waals surface area contributed by atoms with Gasteiger partial charge in [0.1, 0.15) is 0 Å². The number of halogens is 1. The molecule has 4 rings (SSSR count). The van der Waals surface area contributed by atoms with E-state index in [1.54, 1.807) is 11.3 Å². The minimum Gasteiger partial charge on any atom is -0.454 e. The summed E-state index contributed by atoms with van der Waals surface area (Å²) in [5.41, 5.74) is 2.67. The van der Waals surface area contributed by atoms with E-state index in [9.17, 15) is 0 Å². The Hall–Kier alpha value is -1.04. The van der Waals surface area contributed by atoms with Gasteiger partial charge in [-0.1, -0.05) is 0 Å². The maximum absolute atomic E-state index is 5.50. The Kier molecular flexibility index (Phi) is 2.79. The molecule has 2 aromatic rings. The van der Waals surface area contributed by atoms with E-state index in [0.717, 1.165) is 28.3 Å². The maximum Gasteiger partial charge on any atom is 0.231 e. The Morgan fingerprint density at radius 3 is 2.84 bits per heavy atom. The minimum absolute atomic E-state index is 0.259. The number of hydrogen-bond acceptors (Lipinski definition) is 4. The Labute approximate surface area is 123 Å². The number of thiophene rings is 1. The SMILES string of the molecule is Brc1ccc(C2NCCc3cc4c(cc32)OCO4)s1. The first-order chi connectivity index (χ1) is 9.31. The molecule has 0 aliphatic carbocycles. The lowest BCUT2D eigenvalue weighted by atomic mass is 9.93. The predicted octanol–water partition coefficient (Wildman–Crippen LogP) is 3.47. The zero-order chi connectivity index (χ0) is 12.8. The number of benzene rings is 1. The van der Waals surface area contributed by atoms with Crippen LogP contribution in [0, 0.1) is 0 Å². The van der Waals surface area contributed by atoms with Crippen molar-refractivity contribution in [3.8, 4) is 11.5 Å². The van der Waals surface area contributed by atoms with Crippen LogP contribution in [0.4, 0.5) is 0 Å². The average Bonchev–Trinajstić information content (AvgIpc) is 3.03. The van der Waals surface area contributed by atoms with Gasteiger partial charge in [-0.15, -0.1) is 11.3 Å². The lowest BCUT2D eigenvalue weighted by molar-refractivity contribution is 0.174. The van der Waals surface area contributed by atoms with Gasteiger partial charge in [0.05, 0.1) is 9.83 Å². The molecule has 1 aromatic carbocycles. The predicted molar refractivity (Wildman–Crippen MR) is 78.1 cm³/mol. The van der Waals surface area contributed by atoms with Crippen LogP contribution in [0.3, 0.4) is 0 Å². The van der Waals surface area contributed by atoms with Gasteiger partial charge in [0.15, 0.2) is 11.5 Å². The maximum atomic E-state index is 5.50. The molecule has 0 radical (unpaired) electrons. The Morgan fingerprint density at radius 1 is 1.21 bits per heavy atom. The molecule has 3 heterocycles. The fourth-order valence-corrected chi connectivity index (χ4v) is 4.20. The minimum atomic E-state index is 0.259. The quantitative estimate of drug-likeness (QED) is 0.864. The first kappa shape index (κ1) is 11.8. The molecule has 5 heteroatoms. The van der Waals surface area contributed by atoms with Crippen LogP contribution < -0.4 is 14.8 Å². The molecule has 1 atom stereocenters. The van der Waals surface area contributed by atoms with E-state index in [1.165, 1.54) is 16.0 Å². The molecule has 2 aliphatic heterocycles. The Morgan fingerprint density at radius 2 is 2.05 bits per heavy atom. The standard InChI is InChI=1S/C14H12BrNO2S/c15-13-2-1-12(19-13)14-9-6-11-10(17-7-18-11)5-8(9)3-4-16-14/h1-2,5-6,14,16H,3-4,7H2. The fourth-order valence-electron chi connectivity index (χ4n) is 2.68. The molecule has 0 bridgehead atoms. The fraction of sp³-hybridized carbons (Fsp3) is 0.286. The molecule has 0 spiro atoms. The summed E-state index contributed by atoms with van der Waals surface area (Å²) in [5.74, 6) is 1.75. The van der Waals surface area contributed by atoms with Crippen molar-refractivity contribution in [3.63, 3.8) is 0 Å². The molecule has 19 heavy (non-hydrogen) atoms. The van der Waals surface area contributed by atoms with E-state index in [4.69, 9.17) is 9.47 Å². The summed E-state index contributed by atoms with van der Waals surface area (Å²) in [6, 6.07) is 8.79. The lowest BCUT2D eigenvalue weighted by Gasteiger charge is -2.26. The summed E-state index contributed by atoms with van der Waals surface area (Å²) in [6.07, 6.45) is 1.04. The van der Waals surface area contributed by atoms with Crippen LogP contribution in [0.25, 0.3) is 0 Å². The van der Waals surface area contributed by atoms with Crippen LogP contribution in [-0.4, -0.2) is 13.3 Å². The van der Waals surface area contributed by atoms with Gasteiger partial charge in [-0.25, -0.2) is 0 Å². The third-order valence-electron chi connectivity index (χ3n) is 3.57. The smallest absolute Gasteiger partial charge is 0.231 e. The number of nitrogens with one attached hydrogen (secondary N) is 1. The summed E-state index contributed by atoms with van der Waals surface area (Å²) >= 11 is 5.31. The molecule has 1 N–H and O–H groups in total. The van der Waals surface area contributed by atoms with Crippen molar-refractivity contribution >= 4 is 27.3 Å². The van der Waals surface area contributed by atoms with Crippen LogP contribution in [0.1, 0.15) is 22.0 Å². The van der Waals surface area contributed by atoms with Gasteiger partial charge in [0.2, 0.25) is 6.79 Å². The molecule has 2 aliphatic rings. The van der Waals surface area contributed by atoms with Gasteiger partial charge in [-0.2, -0.15) is 0 Å². The molecule has 0 saturated carbocycles. The largest absolute Gasteiger partial charge is 0.454 e. The molecule has 3 nitrogen and oxygen atoms in total. The van der Waals surface area contributed by atoms with Crippen molar-refractivity contribution in [2.75, 3.05) is 13.3 Å². The topological polar surface area (TPSA) is 30.5 Å². The first-order valence-electron chi connectivity index (χ1n) is 6.22. The summed E-state index contributed by atoms with van der Waals surface area (Å²) in [4.78, 5) is 1.33. The van der Waals surface area contributed by atoms with Crippen LogP contribution in [0.15, 0.2) is 28.1 Å². The molecular formula is C14H12BrNO2S. The second-order valence-corrected chi connectivity index (χ2v) is 7.18. The molecule has 0 amide bonds. The van der Waals surface area contributed by atoms with Crippen molar-refractivity contribution in [3.05, 3.63) is 44.1 Å². The van der Waals surface area contributed by atoms with Gasteiger partial charge in [0.25, 0.3) is 0 Å². The summed E-state index contributed by atoms with van der Waals surface area (Å²) in [7, 11) is 0. The van der Waals surface area contributed by atoms with Crippen molar-refractivity contribution in [1.82, 2.24) is 5.32 Å². The highest BCUT2D eigenvalue weighted by Gasteiger charge is 2.26. The van der Waals surface area contributed by atoms with Crippen LogP contribution >= 0.6 is 27.3 Å². The van der Waals surface area contributed by atoms with Gasteiger partial charge < -0.3 is 14.8 Å². The van der Waals surface area contributed by atoms with Crippen LogP contribution in [0.2, 0.25) is 0 Å². The van der Waals surface area contributed by atoms with E-state index < -0.39 is 0 Å². The number of fused-ring (bicyclic) bond motifs is 2. The summed E-state index contributed by atoms with van der Waals surface area (Å²) < 4.78 is 12.1. The molecule has 1 aromatic heterocycles. The summed E-state index contributed by atoms with van der Waals surface area (Å²) in [6.45, 7) is 1.33. The number of hydrogen-bond donors (Lipinski definition) is 1. The van der Waals surface area contributed by atoms with Gasteiger partial charge in [-0.05, 0) is 57.7 Å². The van der Waals surface area contributed by atoms with E-state index in [0.29, 0.717) is 6.79 Å². The van der Waals surface area contributed by atoms with Crippen LogP contribution in [0.5, 0.6) is 11.5 Å². The zero-order valence-electron chi connectivity index (χ0n) is 10.1. The van der Waals surface area contributed by atoms with Gasteiger partial charge in [0, 0.05) is 11.4 Å². The molecule has 0 saturated heterocycles. The normalized spacial score (nSPS) is 20.4. The molecule has 98 valence electrons. The Balaban J connectivity index is 1.82. The van der Waals surface area contributed by atoms with Gasteiger partial charge >= 0.3 is 0 Å². The summed E-state index contributed by atoms with van der Waals surface area (Å²) in [5, 5.41) is 3.59. The lowest BCUT2D eigenvalue weighted by Crippen LogP contribution is -2.29. The second kappa shape index (κ2) is 4.51. The van der Waals surface area contributed by atoms with E-state index in [2.05, 4.69) is 45.5 Å². The van der Waals surface area contributed by atoms with E-state index in [-0.39, 0.29) is 6.04 Å². The third kappa shape index (κ3) is 1.96. The van der Waals surface area contributed by atoms with Crippen molar-refractivity contribution < 1.29 is 9.47 Å². The highest BCUT2D eigenvalue weighted by atomic mass is 79.9. The van der Waals surface area contributed by atoms with Crippen molar-refractivity contribution in [1.29, 1.82) is 0 Å². The highest BCUT2D eigenvalue weighted by molar-refractivity contribution is 9.11. The van der Waals surface area contributed by atoms with Crippen molar-refractivity contribution in [2.24, 2.45) is 0 Å². The van der Waals surface area contributed by atoms with Crippen LogP contribution in [-0.2, 0) is 6.42 Å². The number of ether oxygens (including phenoxy) is 2. The monoisotopic (exact) mass is 337 g/mol. The first-order valence-corrected chi connectivity index (χ1v) is 7.83. The van der Waals surface area contributed by atoms with E-state index in [1.807, 2.05) is 0 Å². The molecule has 0 fully saturated rings. The third-order valence-corrected chi connectivity index (χ3v) is 5.26. The Bertz CT molecular complexity index is 640. The average molecular weight is 338 g/mol. The second-order valence-electron chi connectivity index (χ2n) is 4.68. The van der Waals surface area contributed by atoms with E-state index >= 15 is 0 Å². The molecule has 1 unspecified atom stereocenters. The molecular weight excluding hydrogens is 326 g/mol. The zero-order valence-corrected chi connectivity index (χ0v) is 12.5. The highest BCUT2D eigenvalue weighted by Crippen LogP contribution is 2.41.